The van der Waals surface area contributed by atoms with Crippen LogP contribution in [0.5, 0.6) is 0 Å². The van der Waals surface area contributed by atoms with Crippen molar-refractivity contribution in [3.8, 4) is 0 Å². The van der Waals surface area contributed by atoms with Crippen LogP contribution in [0.2, 0.25) is 0 Å². The number of carbonyl (C=O) groups is 1. The van der Waals surface area contributed by atoms with E-state index >= 15 is 0 Å². The summed E-state index contributed by atoms with van der Waals surface area (Å²) in [5.41, 5.74) is 7.12. The Balaban J connectivity index is 2.52. The van der Waals surface area contributed by atoms with Gasteiger partial charge >= 0.3 is 5.97 Å². The van der Waals surface area contributed by atoms with E-state index < -0.39 is 6.10 Å². The number of esters is 1. The summed E-state index contributed by atoms with van der Waals surface area (Å²) < 4.78 is 5.07. The molecule has 17 heavy (non-hydrogen) atoms. The van der Waals surface area contributed by atoms with Crippen molar-refractivity contribution < 1.29 is 14.6 Å². The summed E-state index contributed by atoms with van der Waals surface area (Å²) in [5.74, 6) is -0.635. The topological polar surface area (TPSA) is 72.5 Å². The van der Waals surface area contributed by atoms with Crippen LogP contribution in [0.1, 0.15) is 31.7 Å². The van der Waals surface area contributed by atoms with Crippen LogP contribution in [0.25, 0.3) is 0 Å². The number of hydrogen-bond acceptors (Lipinski definition) is 4. The monoisotopic (exact) mass is 237 g/mol. The van der Waals surface area contributed by atoms with Crippen LogP contribution in [0.15, 0.2) is 24.3 Å². The highest BCUT2D eigenvalue weighted by Crippen LogP contribution is 2.19. The molecule has 4 heteroatoms. The number of anilines is 1. The van der Waals surface area contributed by atoms with E-state index in [9.17, 15) is 4.79 Å². The van der Waals surface area contributed by atoms with Gasteiger partial charge in [-0.3, -0.25) is 4.79 Å². The molecule has 0 aliphatic rings. The molecule has 2 unspecified atom stereocenters. The lowest BCUT2D eigenvalue weighted by molar-refractivity contribution is -0.145. The molecule has 0 heterocycles. The molecule has 0 radical (unpaired) electrons. The van der Waals surface area contributed by atoms with Gasteiger partial charge in [0.1, 0.15) is 0 Å². The number of hydrogen-bond donors (Lipinski definition) is 2. The van der Waals surface area contributed by atoms with Gasteiger partial charge in [0.15, 0.2) is 0 Å². The van der Waals surface area contributed by atoms with Crippen molar-refractivity contribution in [1.29, 1.82) is 0 Å². The number of aliphatic hydroxyl groups is 1. The van der Waals surface area contributed by atoms with Gasteiger partial charge in [-0.25, -0.2) is 0 Å². The minimum Gasteiger partial charge on any atom is -0.465 e. The smallest absolute Gasteiger partial charge is 0.313 e. The van der Waals surface area contributed by atoms with Crippen LogP contribution >= 0.6 is 0 Å². The van der Waals surface area contributed by atoms with Gasteiger partial charge in [0.05, 0.1) is 18.6 Å². The largest absolute Gasteiger partial charge is 0.465 e. The molecule has 0 fully saturated rings. The number of benzene rings is 1. The molecule has 0 spiro atoms. The summed E-state index contributed by atoms with van der Waals surface area (Å²) in [7, 11) is 0. The lowest BCUT2D eigenvalue weighted by Crippen LogP contribution is -2.16. The third-order valence-corrected chi connectivity index (χ3v) is 2.54. The Morgan fingerprint density at radius 2 is 2.18 bits per heavy atom. The first-order valence-corrected chi connectivity index (χ1v) is 5.71. The van der Waals surface area contributed by atoms with Crippen LogP contribution in [-0.2, 0) is 9.53 Å². The van der Waals surface area contributed by atoms with E-state index in [2.05, 4.69) is 0 Å². The summed E-state index contributed by atoms with van der Waals surface area (Å²) >= 11 is 0. The first-order chi connectivity index (χ1) is 8.00. The normalized spacial score (nSPS) is 14.1. The van der Waals surface area contributed by atoms with Crippen molar-refractivity contribution in [3.05, 3.63) is 29.8 Å². The van der Waals surface area contributed by atoms with Gasteiger partial charge in [0, 0.05) is 12.1 Å². The first kappa shape index (κ1) is 13.5. The maximum Gasteiger partial charge on any atom is 0.313 e. The van der Waals surface area contributed by atoms with Gasteiger partial charge in [-0.1, -0.05) is 12.1 Å². The molecule has 2 atom stereocenters. The van der Waals surface area contributed by atoms with Gasteiger partial charge in [-0.05, 0) is 31.5 Å². The molecule has 0 aliphatic heterocycles. The lowest BCUT2D eigenvalue weighted by Gasteiger charge is -2.12. The summed E-state index contributed by atoms with van der Waals surface area (Å²) in [6, 6.07) is 7.19. The maximum atomic E-state index is 11.7. The van der Waals surface area contributed by atoms with Gasteiger partial charge in [0.25, 0.3) is 0 Å². The fourth-order valence-electron chi connectivity index (χ4n) is 1.42. The highest BCUT2D eigenvalue weighted by molar-refractivity contribution is 5.78. The Labute approximate surface area is 101 Å². The van der Waals surface area contributed by atoms with Crippen LogP contribution in [-0.4, -0.2) is 23.8 Å². The first-order valence-electron chi connectivity index (χ1n) is 5.71. The Morgan fingerprint density at radius 3 is 2.76 bits per heavy atom. The third-order valence-electron chi connectivity index (χ3n) is 2.54. The third kappa shape index (κ3) is 4.44. The van der Waals surface area contributed by atoms with E-state index in [0.717, 1.165) is 5.56 Å². The van der Waals surface area contributed by atoms with E-state index in [4.69, 9.17) is 15.6 Å². The fourth-order valence-corrected chi connectivity index (χ4v) is 1.42. The molecule has 3 N–H and O–H groups in total. The fraction of sp³-hybridized carbons (Fsp3) is 0.462. The summed E-state index contributed by atoms with van der Waals surface area (Å²) in [5, 5.41) is 9.05. The number of carbonyl (C=O) groups excluding carboxylic acids is 1. The van der Waals surface area contributed by atoms with Crippen molar-refractivity contribution in [2.75, 3.05) is 12.3 Å². The molecule has 1 rings (SSSR count). The SMILES string of the molecule is CC(O)CCOC(=O)C(C)c1cccc(N)c1. The number of ether oxygens (including phenoxy) is 1. The van der Waals surface area contributed by atoms with Gasteiger partial charge in [-0.2, -0.15) is 0 Å². The average Bonchev–Trinajstić information content (AvgIpc) is 2.27. The molecule has 0 saturated carbocycles. The Bertz CT molecular complexity index is 377. The molecule has 94 valence electrons. The van der Waals surface area contributed by atoms with E-state index in [1.807, 2.05) is 12.1 Å². The van der Waals surface area contributed by atoms with Gasteiger partial charge in [-0.15, -0.1) is 0 Å². The van der Waals surface area contributed by atoms with Crippen molar-refractivity contribution in [2.24, 2.45) is 0 Å². The van der Waals surface area contributed by atoms with E-state index in [1.165, 1.54) is 0 Å². The predicted octanol–water partition coefficient (Wildman–Crippen LogP) is 1.69. The van der Waals surface area contributed by atoms with Gasteiger partial charge < -0.3 is 15.6 Å². The second-order valence-electron chi connectivity index (χ2n) is 4.20. The maximum absolute atomic E-state index is 11.7. The Morgan fingerprint density at radius 1 is 1.47 bits per heavy atom. The molecule has 0 saturated heterocycles. The van der Waals surface area contributed by atoms with Crippen molar-refractivity contribution in [1.82, 2.24) is 0 Å². The van der Waals surface area contributed by atoms with Crippen LogP contribution in [0.3, 0.4) is 0 Å². The summed E-state index contributed by atoms with van der Waals surface area (Å²) in [4.78, 5) is 11.7. The van der Waals surface area contributed by atoms with E-state index in [-0.39, 0.29) is 18.5 Å². The summed E-state index contributed by atoms with van der Waals surface area (Å²) in [6.45, 7) is 3.68. The van der Waals surface area contributed by atoms with Crippen LogP contribution < -0.4 is 5.73 Å². The highest BCUT2D eigenvalue weighted by Gasteiger charge is 2.16. The van der Waals surface area contributed by atoms with Crippen molar-refractivity contribution in [3.63, 3.8) is 0 Å². The predicted molar refractivity (Wildman–Crippen MR) is 66.5 cm³/mol. The molecule has 0 amide bonds. The molecule has 0 bridgehead atoms. The lowest BCUT2D eigenvalue weighted by atomic mass is 10.0. The number of rotatable bonds is 5. The molecule has 1 aromatic rings. The molecular formula is C13H19NO3. The zero-order valence-corrected chi connectivity index (χ0v) is 10.2. The second-order valence-corrected chi connectivity index (χ2v) is 4.20. The van der Waals surface area contributed by atoms with Gasteiger partial charge in [0.2, 0.25) is 0 Å². The highest BCUT2D eigenvalue weighted by atomic mass is 16.5. The summed E-state index contributed by atoms with van der Waals surface area (Å²) in [6.07, 6.45) is 0.000495. The quantitative estimate of drug-likeness (QED) is 0.603. The molecule has 0 aromatic heterocycles. The Kier molecular flexibility index (Phi) is 4.97. The van der Waals surface area contributed by atoms with Crippen LogP contribution in [0.4, 0.5) is 5.69 Å². The van der Waals surface area contributed by atoms with Crippen molar-refractivity contribution >= 4 is 11.7 Å². The molecule has 0 aliphatic carbocycles. The minimum absolute atomic E-state index is 0.239. The van der Waals surface area contributed by atoms with Crippen molar-refractivity contribution in [2.45, 2.75) is 32.3 Å². The van der Waals surface area contributed by atoms with E-state index in [0.29, 0.717) is 12.1 Å². The van der Waals surface area contributed by atoms with Crippen LogP contribution in [0, 0.1) is 0 Å². The number of nitrogen functional groups attached to an aromatic ring is 1. The Hall–Kier alpha value is -1.55. The zero-order chi connectivity index (χ0) is 12.8. The zero-order valence-electron chi connectivity index (χ0n) is 10.2. The number of aliphatic hydroxyl groups excluding tert-OH is 1. The number of nitrogens with two attached hydrogens (primary N) is 1. The average molecular weight is 237 g/mol. The molecule has 1 aromatic carbocycles. The molecule has 4 nitrogen and oxygen atoms in total. The minimum atomic E-state index is -0.453. The second kappa shape index (κ2) is 6.25. The molecular weight excluding hydrogens is 218 g/mol. The standard InChI is InChI=1S/C13H19NO3/c1-9(15)6-7-17-13(16)10(2)11-4-3-5-12(14)8-11/h3-5,8-10,15H,6-7,14H2,1-2H3. The van der Waals surface area contributed by atoms with E-state index in [1.54, 1.807) is 26.0 Å².